The Hall–Kier alpha value is -1.88. The third-order valence-electron chi connectivity index (χ3n) is 4.13. The zero-order valence-corrected chi connectivity index (χ0v) is 12.5. The molecule has 0 atom stereocenters. The van der Waals surface area contributed by atoms with Gasteiger partial charge in [0.2, 0.25) is 0 Å². The molecule has 5 nitrogen and oxygen atoms in total. The van der Waals surface area contributed by atoms with Crippen molar-refractivity contribution in [2.24, 2.45) is 0 Å². The summed E-state index contributed by atoms with van der Waals surface area (Å²) in [5.74, 6) is 0.925. The smallest absolute Gasteiger partial charge is 0.137 e. The van der Waals surface area contributed by atoms with Crippen molar-refractivity contribution in [3.8, 4) is 0 Å². The average molecular weight is 285 g/mol. The van der Waals surface area contributed by atoms with Gasteiger partial charge in [-0.2, -0.15) is 0 Å². The number of aromatic nitrogens is 2. The lowest BCUT2D eigenvalue weighted by Gasteiger charge is -2.32. The van der Waals surface area contributed by atoms with E-state index < -0.39 is 0 Å². The van der Waals surface area contributed by atoms with E-state index in [4.69, 9.17) is 5.73 Å². The van der Waals surface area contributed by atoms with Crippen LogP contribution in [0.25, 0.3) is 10.9 Å². The Kier molecular flexibility index (Phi) is 4.20. The lowest BCUT2D eigenvalue weighted by atomic mass is 10.0. The molecule has 0 amide bonds. The van der Waals surface area contributed by atoms with E-state index in [1.807, 2.05) is 18.2 Å². The molecule has 0 radical (unpaired) electrons. The number of nitrogens with zero attached hydrogens (tertiary/aromatic N) is 3. The minimum Gasteiger partial charge on any atom is -0.399 e. The summed E-state index contributed by atoms with van der Waals surface area (Å²) < 4.78 is 0. The minimum atomic E-state index is 0.494. The highest BCUT2D eigenvalue weighted by atomic mass is 15.1. The predicted molar refractivity (Wildman–Crippen MR) is 87.3 cm³/mol. The van der Waals surface area contributed by atoms with Crippen molar-refractivity contribution in [1.82, 2.24) is 14.9 Å². The van der Waals surface area contributed by atoms with E-state index >= 15 is 0 Å². The minimum absolute atomic E-state index is 0.494. The molecule has 0 aliphatic carbocycles. The Balaban J connectivity index is 1.71. The molecule has 5 heteroatoms. The highest BCUT2D eigenvalue weighted by Crippen LogP contribution is 2.23. The molecule has 0 unspecified atom stereocenters. The van der Waals surface area contributed by atoms with Crippen LogP contribution in [0.5, 0.6) is 0 Å². The summed E-state index contributed by atoms with van der Waals surface area (Å²) in [4.78, 5) is 11.2. The molecule has 0 spiro atoms. The summed E-state index contributed by atoms with van der Waals surface area (Å²) in [5, 5.41) is 4.63. The molecule has 2 aromatic rings. The number of hydrogen-bond donors (Lipinski definition) is 2. The van der Waals surface area contributed by atoms with Crippen LogP contribution in [0.3, 0.4) is 0 Å². The van der Waals surface area contributed by atoms with Crippen molar-refractivity contribution >= 4 is 22.4 Å². The molecule has 112 valence electrons. The van der Waals surface area contributed by atoms with Crippen LogP contribution in [0.15, 0.2) is 24.5 Å². The van der Waals surface area contributed by atoms with E-state index in [-0.39, 0.29) is 0 Å². The fourth-order valence-corrected chi connectivity index (χ4v) is 3.00. The van der Waals surface area contributed by atoms with Gasteiger partial charge in [-0.25, -0.2) is 9.97 Å². The molecule has 1 aliphatic heterocycles. The van der Waals surface area contributed by atoms with Gasteiger partial charge in [-0.15, -0.1) is 0 Å². The van der Waals surface area contributed by atoms with Crippen LogP contribution in [0.1, 0.15) is 26.2 Å². The highest BCUT2D eigenvalue weighted by Gasteiger charge is 2.19. The summed E-state index contributed by atoms with van der Waals surface area (Å²) in [6, 6.07) is 6.29. The summed E-state index contributed by atoms with van der Waals surface area (Å²) in [6.45, 7) is 5.79. The maximum absolute atomic E-state index is 5.82. The van der Waals surface area contributed by atoms with E-state index in [1.165, 1.54) is 38.9 Å². The zero-order chi connectivity index (χ0) is 14.7. The van der Waals surface area contributed by atoms with Crippen LogP contribution in [0, 0.1) is 0 Å². The summed E-state index contributed by atoms with van der Waals surface area (Å²) in [7, 11) is 0. The fraction of sp³-hybridized carbons (Fsp3) is 0.500. The Labute approximate surface area is 125 Å². The van der Waals surface area contributed by atoms with Crippen molar-refractivity contribution in [1.29, 1.82) is 0 Å². The predicted octanol–water partition coefficient (Wildman–Crippen LogP) is 2.50. The van der Waals surface area contributed by atoms with Crippen LogP contribution < -0.4 is 11.1 Å². The van der Waals surface area contributed by atoms with Gasteiger partial charge in [0.1, 0.15) is 12.1 Å². The number of hydrogen-bond acceptors (Lipinski definition) is 5. The van der Waals surface area contributed by atoms with Crippen LogP contribution in [-0.2, 0) is 0 Å². The molecular formula is C16H23N5. The Bertz CT molecular complexity index is 605. The lowest BCUT2D eigenvalue weighted by molar-refractivity contribution is 0.219. The van der Waals surface area contributed by atoms with Crippen LogP contribution in [-0.4, -0.2) is 40.5 Å². The highest BCUT2D eigenvalue weighted by molar-refractivity contribution is 5.90. The zero-order valence-electron chi connectivity index (χ0n) is 12.5. The van der Waals surface area contributed by atoms with Gasteiger partial charge in [-0.3, -0.25) is 0 Å². The maximum Gasteiger partial charge on any atom is 0.137 e. The number of nitrogen functional groups attached to an aromatic ring is 1. The second kappa shape index (κ2) is 6.26. The third-order valence-corrected chi connectivity index (χ3v) is 4.13. The average Bonchev–Trinajstić information content (AvgIpc) is 2.49. The summed E-state index contributed by atoms with van der Waals surface area (Å²) in [6.07, 6.45) is 5.17. The van der Waals surface area contributed by atoms with Gasteiger partial charge in [0, 0.05) is 30.2 Å². The van der Waals surface area contributed by atoms with E-state index in [1.54, 1.807) is 6.33 Å². The van der Waals surface area contributed by atoms with E-state index in [0.29, 0.717) is 6.04 Å². The molecule has 0 saturated carbocycles. The lowest BCUT2D eigenvalue weighted by Crippen LogP contribution is -2.39. The molecule has 1 aromatic carbocycles. The molecule has 1 aliphatic rings. The van der Waals surface area contributed by atoms with Crippen molar-refractivity contribution in [3.63, 3.8) is 0 Å². The Morgan fingerprint density at radius 2 is 2.10 bits per heavy atom. The van der Waals surface area contributed by atoms with Gasteiger partial charge in [0.15, 0.2) is 0 Å². The quantitative estimate of drug-likeness (QED) is 0.845. The van der Waals surface area contributed by atoms with Crippen LogP contribution in [0.4, 0.5) is 11.5 Å². The second-order valence-electron chi connectivity index (χ2n) is 5.76. The number of benzene rings is 1. The third kappa shape index (κ3) is 3.24. The first-order chi connectivity index (χ1) is 10.3. The van der Waals surface area contributed by atoms with Crippen LogP contribution in [0.2, 0.25) is 0 Å². The molecule has 3 N–H and O–H groups in total. The van der Waals surface area contributed by atoms with Crippen molar-refractivity contribution in [2.45, 2.75) is 32.2 Å². The van der Waals surface area contributed by atoms with E-state index in [0.717, 1.165) is 22.4 Å². The number of nitrogens with two attached hydrogens (primary N) is 1. The SMILES string of the molecule is CCCN1CCC(Nc2ncnc3cc(N)ccc23)CC1. The number of piperidine rings is 1. The summed E-state index contributed by atoms with van der Waals surface area (Å²) in [5.41, 5.74) is 7.45. The Morgan fingerprint density at radius 1 is 1.29 bits per heavy atom. The number of rotatable bonds is 4. The normalized spacial score (nSPS) is 17.2. The Morgan fingerprint density at radius 3 is 2.86 bits per heavy atom. The fourth-order valence-electron chi connectivity index (χ4n) is 3.00. The molecule has 3 rings (SSSR count). The maximum atomic E-state index is 5.82. The monoisotopic (exact) mass is 285 g/mol. The molecule has 1 fully saturated rings. The van der Waals surface area contributed by atoms with Gasteiger partial charge in [0.25, 0.3) is 0 Å². The topological polar surface area (TPSA) is 67.1 Å². The first-order valence-electron chi connectivity index (χ1n) is 7.75. The first kappa shape index (κ1) is 14.1. The number of fused-ring (bicyclic) bond motifs is 1. The van der Waals surface area contributed by atoms with Crippen molar-refractivity contribution < 1.29 is 0 Å². The van der Waals surface area contributed by atoms with Gasteiger partial charge in [-0.05, 0) is 44.0 Å². The van der Waals surface area contributed by atoms with E-state index in [9.17, 15) is 0 Å². The van der Waals surface area contributed by atoms with Gasteiger partial charge in [-0.1, -0.05) is 6.92 Å². The van der Waals surface area contributed by atoms with E-state index in [2.05, 4.69) is 27.1 Å². The number of nitrogens with one attached hydrogen (secondary N) is 1. The number of likely N-dealkylation sites (tertiary alicyclic amines) is 1. The van der Waals surface area contributed by atoms with Gasteiger partial charge >= 0.3 is 0 Å². The molecular weight excluding hydrogens is 262 g/mol. The van der Waals surface area contributed by atoms with Gasteiger partial charge < -0.3 is 16.0 Å². The van der Waals surface area contributed by atoms with Crippen molar-refractivity contribution in [3.05, 3.63) is 24.5 Å². The standard InChI is InChI=1S/C16H23N5/c1-2-7-21-8-5-13(6-9-21)20-16-14-4-3-12(17)10-15(14)18-11-19-16/h3-4,10-11,13H,2,5-9,17H2,1H3,(H,18,19,20). The molecule has 1 aromatic heterocycles. The first-order valence-corrected chi connectivity index (χ1v) is 7.75. The van der Waals surface area contributed by atoms with Crippen molar-refractivity contribution in [2.75, 3.05) is 30.7 Å². The summed E-state index contributed by atoms with van der Waals surface area (Å²) >= 11 is 0. The molecule has 0 bridgehead atoms. The van der Waals surface area contributed by atoms with Crippen LogP contribution >= 0.6 is 0 Å². The molecule has 2 heterocycles. The second-order valence-corrected chi connectivity index (χ2v) is 5.76. The largest absolute Gasteiger partial charge is 0.399 e. The number of anilines is 2. The molecule has 21 heavy (non-hydrogen) atoms. The van der Waals surface area contributed by atoms with Gasteiger partial charge in [0.05, 0.1) is 5.52 Å². The molecule has 1 saturated heterocycles.